The van der Waals surface area contributed by atoms with Crippen molar-refractivity contribution in [3.63, 3.8) is 0 Å². The molecule has 0 aromatic heterocycles. The molecule has 3 heteroatoms. The van der Waals surface area contributed by atoms with Gasteiger partial charge in [-0.2, -0.15) is 0 Å². The highest BCUT2D eigenvalue weighted by Crippen LogP contribution is 2.42. The van der Waals surface area contributed by atoms with E-state index in [0.717, 1.165) is 34.4 Å². The lowest BCUT2D eigenvalue weighted by Crippen LogP contribution is -2.40. The van der Waals surface area contributed by atoms with Crippen LogP contribution in [-0.4, -0.2) is 0 Å². The Morgan fingerprint density at radius 2 is 1.94 bits per heavy atom. The minimum atomic E-state index is -0.285. The van der Waals surface area contributed by atoms with Crippen molar-refractivity contribution in [1.29, 1.82) is 0 Å². The lowest BCUT2D eigenvalue weighted by atomic mass is 9.72. The standard InChI is InChI=1S/C15H21Cl2N/c1-2-3-11-6-8-15(18,9-7-11)13-10-12(16)4-5-14(13)17/h4-5,10-11H,2-3,6-9,18H2,1H3. The van der Waals surface area contributed by atoms with Gasteiger partial charge in [0.1, 0.15) is 0 Å². The molecule has 1 aromatic carbocycles. The molecular weight excluding hydrogens is 265 g/mol. The third-order valence-corrected chi connectivity index (χ3v) is 4.72. The molecule has 100 valence electrons. The summed E-state index contributed by atoms with van der Waals surface area (Å²) in [6, 6.07) is 5.61. The molecule has 1 fully saturated rings. The first-order valence-electron chi connectivity index (χ1n) is 6.79. The number of rotatable bonds is 3. The average molecular weight is 286 g/mol. The van der Waals surface area contributed by atoms with E-state index in [2.05, 4.69) is 6.92 Å². The van der Waals surface area contributed by atoms with Gasteiger partial charge in [-0.05, 0) is 55.4 Å². The molecule has 0 aliphatic heterocycles. The van der Waals surface area contributed by atoms with E-state index in [1.54, 1.807) is 0 Å². The predicted octanol–water partition coefficient (Wildman–Crippen LogP) is 5.14. The SMILES string of the molecule is CCCC1CCC(N)(c2cc(Cl)ccc2Cl)CC1. The predicted molar refractivity (Wildman–Crippen MR) is 79.2 cm³/mol. The molecule has 0 bridgehead atoms. The maximum Gasteiger partial charge on any atom is 0.0457 e. The van der Waals surface area contributed by atoms with Crippen LogP contribution < -0.4 is 5.73 Å². The fourth-order valence-corrected chi connectivity index (χ4v) is 3.52. The molecule has 0 unspecified atom stereocenters. The summed E-state index contributed by atoms with van der Waals surface area (Å²) in [7, 11) is 0. The van der Waals surface area contributed by atoms with Crippen molar-refractivity contribution >= 4 is 23.2 Å². The Kier molecular flexibility index (Phi) is 4.58. The molecule has 1 saturated carbocycles. The Balaban J connectivity index is 2.15. The first-order valence-corrected chi connectivity index (χ1v) is 7.55. The summed E-state index contributed by atoms with van der Waals surface area (Å²) in [6.07, 6.45) is 7.01. The molecule has 0 atom stereocenters. The summed E-state index contributed by atoms with van der Waals surface area (Å²) in [4.78, 5) is 0. The van der Waals surface area contributed by atoms with Crippen molar-refractivity contribution in [3.05, 3.63) is 33.8 Å². The van der Waals surface area contributed by atoms with E-state index in [9.17, 15) is 0 Å². The summed E-state index contributed by atoms with van der Waals surface area (Å²) < 4.78 is 0. The van der Waals surface area contributed by atoms with Crippen LogP contribution in [0.5, 0.6) is 0 Å². The first-order chi connectivity index (χ1) is 8.55. The zero-order valence-electron chi connectivity index (χ0n) is 10.9. The number of benzene rings is 1. The molecule has 1 aromatic rings. The number of hydrogen-bond acceptors (Lipinski definition) is 1. The van der Waals surface area contributed by atoms with E-state index in [4.69, 9.17) is 28.9 Å². The first kappa shape index (κ1) is 14.2. The minimum Gasteiger partial charge on any atom is -0.321 e. The maximum atomic E-state index is 6.57. The van der Waals surface area contributed by atoms with E-state index in [1.807, 2.05) is 18.2 Å². The third kappa shape index (κ3) is 3.01. The molecule has 0 saturated heterocycles. The Labute approximate surface area is 120 Å². The number of nitrogens with two attached hydrogens (primary N) is 1. The molecule has 2 rings (SSSR count). The summed E-state index contributed by atoms with van der Waals surface area (Å²) in [5.74, 6) is 0.838. The van der Waals surface area contributed by atoms with Gasteiger partial charge in [-0.1, -0.05) is 43.0 Å². The smallest absolute Gasteiger partial charge is 0.0457 e. The van der Waals surface area contributed by atoms with Gasteiger partial charge < -0.3 is 5.73 Å². The lowest BCUT2D eigenvalue weighted by Gasteiger charge is -2.38. The van der Waals surface area contributed by atoms with Gasteiger partial charge in [0, 0.05) is 15.6 Å². The zero-order valence-corrected chi connectivity index (χ0v) is 12.4. The highest BCUT2D eigenvalue weighted by atomic mass is 35.5. The van der Waals surface area contributed by atoms with E-state index < -0.39 is 0 Å². The van der Waals surface area contributed by atoms with Gasteiger partial charge in [-0.25, -0.2) is 0 Å². The average Bonchev–Trinajstić information content (AvgIpc) is 2.36. The van der Waals surface area contributed by atoms with Crippen molar-refractivity contribution in [2.45, 2.75) is 51.0 Å². The van der Waals surface area contributed by atoms with Gasteiger partial charge in [-0.15, -0.1) is 0 Å². The molecule has 1 aliphatic carbocycles. The van der Waals surface area contributed by atoms with Crippen molar-refractivity contribution < 1.29 is 0 Å². The van der Waals surface area contributed by atoms with Crippen molar-refractivity contribution in [3.8, 4) is 0 Å². The summed E-state index contributed by atoms with van der Waals surface area (Å²) in [5, 5.41) is 1.46. The largest absolute Gasteiger partial charge is 0.321 e. The Bertz CT molecular complexity index is 409. The van der Waals surface area contributed by atoms with Crippen molar-refractivity contribution in [2.24, 2.45) is 11.7 Å². The van der Waals surface area contributed by atoms with Crippen LogP contribution in [0.1, 0.15) is 51.0 Å². The highest BCUT2D eigenvalue weighted by Gasteiger charge is 2.34. The van der Waals surface area contributed by atoms with E-state index in [-0.39, 0.29) is 5.54 Å². The molecule has 18 heavy (non-hydrogen) atoms. The van der Waals surface area contributed by atoms with Gasteiger partial charge in [0.25, 0.3) is 0 Å². The number of hydrogen-bond donors (Lipinski definition) is 1. The van der Waals surface area contributed by atoms with Crippen LogP contribution in [0.4, 0.5) is 0 Å². The van der Waals surface area contributed by atoms with Crippen molar-refractivity contribution in [1.82, 2.24) is 0 Å². The molecule has 1 aliphatic rings. The van der Waals surface area contributed by atoms with Crippen LogP contribution in [0.3, 0.4) is 0 Å². The third-order valence-electron chi connectivity index (χ3n) is 4.16. The van der Waals surface area contributed by atoms with Crippen LogP contribution >= 0.6 is 23.2 Å². The van der Waals surface area contributed by atoms with Crippen LogP contribution in [0, 0.1) is 5.92 Å². The summed E-state index contributed by atoms with van der Waals surface area (Å²) >= 11 is 12.3. The Morgan fingerprint density at radius 1 is 1.28 bits per heavy atom. The molecule has 2 N–H and O–H groups in total. The van der Waals surface area contributed by atoms with Gasteiger partial charge in [0.15, 0.2) is 0 Å². The second kappa shape index (κ2) is 5.81. The summed E-state index contributed by atoms with van der Waals surface area (Å²) in [5.41, 5.74) is 7.30. The van der Waals surface area contributed by atoms with Crippen molar-refractivity contribution in [2.75, 3.05) is 0 Å². The Hall–Kier alpha value is -0.240. The van der Waals surface area contributed by atoms with Gasteiger partial charge in [0.05, 0.1) is 0 Å². The van der Waals surface area contributed by atoms with Crippen LogP contribution in [0.2, 0.25) is 10.0 Å². The minimum absolute atomic E-state index is 0.285. The van der Waals surface area contributed by atoms with Crippen LogP contribution in [-0.2, 0) is 5.54 Å². The van der Waals surface area contributed by atoms with Gasteiger partial charge >= 0.3 is 0 Å². The van der Waals surface area contributed by atoms with E-state index >= 15 is 0 Å². The molecular formula is C15H21Cl2N. The molecule has 0 heterocycles. The second-order valence-electron chi connectivity index (χ2n) is 5.51. The quantitative estimate of drug-likeness (QED) is 0.818. The molecule has 1 nitrogen and oxygen atoms in total. The molecule has 0 radical (unpaired) electrons. The fraction of sp³-hybridized carbons (Fsp3) is 0.600. The van der Waals surface area contributed by atoms with Crippen LogP contribution in [0.15, 0.2) is 18.2 Å². The zero-order chi connectivity index (χ0) is 13.2. The molecule has 0 amide bonds. The monoisotopic (exact) mass is 285 g/mol. The second-order valence-corrected chi connectivity index (χ2v) is 6.36. The van der Waals surface area contributed by atoms with Crippen LogP contribution in [0.25, 0.3) is 0 Å². The fourth-order valence-electron chi connectivity index (χ4n) is 3.04. The Morgan fingerprint density at radius 3 is 2.56 bits per heavy atom. The highest BCUT2D eigenvalue weighted by molar-refractivity contribution is 6.33. The summed E-state index contributed by atoms with van der Waals surface area (Å²) in [6.45, 7) is 2.25. The number of halogens is 2. The maximum absolute atomic E-state index is 6.57. The van der Waals surface area contributed by atoms with Gasteiger partial charge in [0.2, 0.25) is 0 Å². The normalized spacial score (nSPS) is 28.3. The lowest BCUT2D eigenvalue weighted by molar-refractivity contribution is 0.226. The van der Waals surface area contributed by atoms with E-state index in [0.29, 0.717) is 0 Å². The topological polar surface area (TPSA) is 26.0 Å². The van der Waals surface area contributed by atoms with E-state index in [1.165, 1.54) is 25.7 Å². The molecule has 0 spiro atoms. The van der Waals surface area contributed by atoms with Gasteiger partial charge in [-0.3, -0.25) is 0 Å².